The average molecular weight is 525 g/mol. The number of guanidine groups is 1. The van der Waals surface area contributed by atoms with Gasteiger partial charge in [-0.1, -0.05) is 30.3 Å². The van der Waals surface area contributed by atoms with Crippen molar-refractivity contribution in [1.29, 1.82) is 0 Å². The third-order valence-electron chi connectivity index (χ3n) is 4.53. The number of benzene rings is 1. The topological polar surface area (TPSA) is 66.6 Å². The second-order valence-corrected chi connectivity index (χ2v) is 7.57. The van der Waals surface area contributed by atoms with E-state index in [1.165, 1.54) is 10.4 Å². The van der Waals surface area contributed by atoms with Crippen LogP contribution in [-0.4, -0.2) is 48.2 Å². The summed E-state index contributed by atoms with van der Waals surface area (Å²) in [5.41, 5.74) is 2.20. The Balaban J connectivity index is 0.00000300. The zero-order chi connectivity index (χ0) is 19.8. The van der Waals surface area contributed by atoms with Gasteiger partial charge in [0.2, 0.25) is 0 Å². The van der Waals surface area contributed by atoms with Crippen molar-refractivity contribution in [3.05, 3.63) is 58.0 Å². The van der Waals surface area contributed by atoms with Gasteiger partial charge in [-0.15, -0.1) is 35.3 Å². The second-order valence-electron chi connectivity index (χ2n) is 6.54. The first-order valence-corrected chi connectivity index (χ1v) is 10.4. The van der Waals surface area contributed by atoms with Gasteiger partial charge in [-0.25, -0.2) is 0 Å². The van der Waals surface area contributed by atoms with Gasteiger partial charge in [-0.2, -0.15) is 4.98 Å². The smallest absolute Gasteiger partial charge is 0.257 e. The molecule has 0 aliphatic carbocycles. The fourth-order valence-electron chi connectivity index (χ4n) is 2.87. The predicted molar refractivity (Wildman–Crippen MR) is 130 cm³/mol. The molecule has 2 aromatic heterocycles. The van der Waals surface area contributed by atoms with Gasteiger partial charge in [0.05, 0.1) is 0 Å². The first-order chi connectivity index (χ1) is 13.7. The lowest BCUT2D eigenvalue weighted by Crippen LogP contribution is -2.40. The zero-order valence-electron chi connectivity index (χ0n) is 17.1. The summed E-state index contributed by atoms with van der Waals surface area (Å²) in [6, 6.07) is 12.6. The summed E-state index contributed by atoms with van der Waals surface area (Å²) in [6.45, 7) is 3.78. The first kappa shape index (κ1) is 23.3. The fourth-order valence-corrected chi connectivity index (χ4v) is 3.57. The molecule has 1 N–H and O–H groups in total. The van der Waals surface area contributed by atoms with E-state index in [9.17, 15) is 0 Å². The highest BCUT2D eigenvalue weighted by atomic mass is 127. The van der Waals surface area contributed by atoms with Crippen LogP contribution in [-0.2, 0) is 19.3 Å². The predicted octanol–water partition coefficient (Wildman–Crippen LogP) is 4.27. The van der Waals surface area contributed by atoms with Gasteiger partial charge in [-0.3, -0.25) is 4.99 Å². The number of hydrogen-bond acceptors (Lipinski definition) is 5. The SMILES string of the molecule is CCc1noc(-c2ccc(CCNC(=NC)N(C)CCc3cccs3)cc2)n1.I. The Bertz CT molecular complexity index is 877. The van der Waals surface area contributed by atoms with Crippen molar-refractivity contribution in [3.8, 4) is 11.5 Å². The maximum atomic E-state index is 5.29. The number of rotatable bonds is 8. The lowest BCUT2D eigenvalue weighted by atomic mass is 10.1. The summed E-state index contributed by atoms with van der Waals surface area (Å²) in [6.07, 6.45) is 2.73. The van der Waals surface area contributed by atoms with Gasteiger partial charge in [-0.05, 0) is 42.0 Å². The van der Waals surface area contributed by atoms with Crippen LogP contribution in [0.25, 0.3) is 11.5 Å². The Hall–Kier alpha value is -1.94. The summed E-state index contributed by atoms with van der Waals surface area (Å²) in [7, 11) is 3.90. The molecule has 3 aromatic rings. The highest BCUT2D eigenvalue weighted by molar-refractivity contribution is 14.0. The van der Waals surface area contributed by atoms with Crippen LogP contribution in [0.3, 0.4) is 0 Å². The largest absolute Gasteiger partial charge is 0.356 e. The van der Waals surface area contributed by atoms with Gasteiger partial charge >= 0.3 is 0 Å². The minimum atomic E-state index is 0. The summed E-state index contributed by atoms with van der Waals surface area (Å²) < 4.78 is 5.29. The molecule has 0 amide bonds. The van der Waals surface area contributed by atoms with E-state index >= 15 is 0 Å². The number of aromatic nitrogens is 2. The van der Waals surface area contributed by atoms with Crippen molar-refractivity contribution >= 4 is 41.3 Å². The quantitative estimate of drug-likeness (QED) is 0.270. The van der Waals surface area contributed by atoms with Crippen molar-refractivity contribution in [1.82, 2.24) is 20.4 Å². The van der Waals surface area contributed by atoms with Crippen LogP contribution in [0.15, 0.2) is 51.3 Å². The third kappa shape index (κ3) is 6.81. The van der Waals surface area contributed by atoms with Crippen molar-refractivity contribution in [3.63, 3.8) is 0 Å². The molecule has 0 unspecified atom stereocenters. The minimum absolute atomic E-state index is 0. The van der Waals surface area contributed by atoms with E-state index in [-0.39, 0.29) is 24.0 Å². The number of aryl methyl sites for hydroxylation is 1. The van der Waals surface area contributed by atoms with Crippen molar-refractivity contribution in [2.24, 2.45) is 4.99 Å². The highest BCUT2D eigenvalue weighted by Crippen LogP contribution is 2.18. The summed E-state index contributed by atoms with van der Waals surface area (Å²) >= 11 is 1.80. The molecule has 0 saturated carbocycles. The van der Waals surface area contributed by atoms with Crippen LogP contribution < -0.4 is 5.32 Å². The molecule has 0 aliphatic heterocycles. The molecule has 3 rings (SSSR count). The molecule has 2 heterocycles. The highest BCUT2D eigenvalue weighted by Gasteiger charge is 2.08. The summed E-state index contributed by atoms with van der Waals surface area (Å²) in [5, 5.41) is 9.51. The van der Waals surface area contributed by atoms with E-state index in [4.69, 9.17) is 4.52 Å². The van der Waals surface area contributed by atoms with Crippen LogP contribution in [0, 0.1) is 0 Å². The normalized spacial score (nSPS) is 11.2. The average Bonchev–Trinajstić information content (AvgIpc) is 3.42. The first-order valence-electron chi connectivity index (χ1n) is 9.55. The van der Waals surface area contributed by atoms with Crippen molar-refractivity contribution < 1.29 is 4.52 Å². The monoisotopic (exact) mass is 525 g/mol. The van der Waals surface area contributed by atoms with Crippen molar-refractivity contribution in [2.45, 2.75) is 26.2 Å². The zero-order valence-corrected chi connectivity index (χ0v) is 20.2. The number of likely N-dealkylation sites (N-methyl/N-ethyl adjacent to an activating group) is 1. The van der Waals surface area contributed by atoms with E-state index in [1.807, 2.05) is 26.1 Å². The maximum absolute atomic E-state index is 5.29. The molecular formula is C21H28IN5OS. The molecule has 1 aromatic carbocycles. The number of nitrogens with zero attached hydrogens (tertiary/aromatic N) is 4. The summed E-state index contributed by atoms with van der Waals surface area (Å²) in [4.78, 5) is 12.3. The molecule has 0 atom stereocenters. The lowest BCUT2D eigenvalue weighted by Gasteiger charge is -2.21. The molecule has 6 nitrogen and oxygen atoms in total. The molecule has 0 aliphatic rings. The van der Waals surface area contributed by atoms with Crippen LogP contribution in [0.2, 0.25) is 0 Å². The van der Waals surface area contributed by atoms with E-state index < -0.39 is 0 Å². The Labute approximate surface area is 193 Å². The standard InChI is InChI=1S/C21H27N5OS.HI/c1-4-19-24-20(27-25-19)17-9-7-16(8-10-17)11-13-23-21(22-2)26(3)14-12-18-6-5-15-28-18;/h5-10,15H,4,11-14H2,1-3H3,(H,22,23);1H. The Morgan fingerprint density at radius 2 is 2.00 bits per heavy atom. The Morgan fingerprint density at radius 3 is 2.62 bits per heavy atom. The van der Waals surface area contributed by atoms with Gasteiger partial charge in [0.1, 0.15) is 0 Å². The van der Waals surface area contributed by atoms with Gasteiger partial charge in [0.25, 0.3) is 5.89 Å². The van der Waals surface area contributed by atoms with Gasteiger partial charge in [0, 0.05) is 44.0 Å². The molecular weight excluding hydrogens is 497 g/mol. The number of hydrogen-bond donors (Lipinski definition) is 1. The van der Waals surface area contributed by atoms with Crippen LogP contribution in [0.4, 0.5) is 0 Å². The van der Waals surface area contributed by atoms with Crippen LogP contribution in [0.5, 0.6) is 0 Å². The van der Waals surface area contributed by atoms with Gasteiger partial charge < -0.3 is 14.7 Å². The van der Waals surface area contributed by atoms with Crippen LogP contribution >= 0.6 is 35.3 Å². The van der Waals surface area contributed by atoms with Gasteiger partial charge in [0.15, 0.2) is 11.8 Å². The molecule has 0 fully saturated rings. The number of nitrogens with one attached hydrogen (secondary N) is 1. The van der Waals surface area contributed by atoms with Crippen molar-refractivity contribution in [2.75, 3.05) is 27.2 Å². The Morgan fingerprint density at radius 1 is 1.21 bits per heavy atom. The second kappa shape index (κ2) is 11.9. The van der Waals surface area contributed by atoms with E-state index in [2.05, 4.69) is 62.0 Å². The molecule has 0 saturated heterocycles. The van der Waals surface area contributed by atoms with E-state index in [1.54, 1.807) is 11.3 Å². The lowest BCUT2D eigenvalue weighted by molar-refractivity contribution is 0.423. The maximum Gasteiger partial charge on any atom is 0.257 e. The minimum Gasteiger partial charge on any atom is -0.356 e. The molecule has 0 radical (unpaired) electrons. The number of aliphatic imine (C=N–C) groups is 1. The number of halogens is 1. The Kier molecular flexibility index (Phi) is 9.59. The van der Waals surface area contributed by atoms with Crippen LogP contribution in [0.1, 0.15) is 23.2 Å². The van der Waals surface area contributed by atoms with E-state index in [0.29, 0.717) is 5.89 Å². The third-order valence-corrected chi connectivity index (χ3v) is 5.47. The molecule has 0 bridgehead atoms. The fraction of sp³-hybridized carbons (Fsp3) is 0.381. The number of thiophene rings is 1. The van der Waals surface area contributed by atoms with E-state index in [0.717, 1.165) is 49.7 Å². The molecule has 8 heteroatoms. The molecule has 29 heavy (non-hydrogen) atoms. The summed E-state index contributed by atoms with van der Waals surface area (Å²) in [5.74, 6) is 2.23. The molecule has 0 spiro atoms. The molecule has 156 valence electrons.